The van der Waals surface area contributed by atoms with Crippen molar-refractivity contribution in [3.63, 3.8) is 0 Å². The van der Waals surface area contributed by atoms with Crippen molar-refractivity contribution >= 4 is 0 Å². The Labute approximate surface area is 92.4 Å². The van der Waals surface area contributed by atoms with Crippen LogP contribution in [0.4, 0.5) is 4.39 Å². The van der Waals surface area contributed by atoms with Crippen LogP contribution in [0, 0.1) is 5.82 Å². The van der Waals surface area contributed by atoms with Gasteiger partial charge in [0.25, 0.3) is 0 Å². The van der Waals surface area contributed by atoms with E-state index in [1.54, 1.807) is 30.1 Å². The topological polar surface area (TPSA) is 53.1 Å². The second-order valence-electron chi connectivity index (χ2n) is 3.38. The Hall–Kier alpha value is -1.88. The summed E-state index contributed by atoms with van der Waals surface area (Å²) >= 11 is 0. The molecule has 2 N–H and O–H groups in total. The number of ether oxygens (including phenoxy) is 1. The SMILES string of the molecule is Cn1cc(Oc2c(F)cccc2CN)cn1. The lowest BCUT2D eigenvalue weighted by Crippen LogP contribution is -2.00. The molecule has 0 fully saturated rings. The van der Waals surface area contributed by atoms with Gasteiger partial charge in [-0.25, -0.2) is 4.39 Å². The van der Waals surface area contributed by atoms with Crippen LogP contribution < -0.4 is 10.5 Å². The number of aryl methyl sites for hydroxylation is 1. The minimum Gasteiger partial charge on any atom is -0.451 e. The number of nitrogens with zero attached hydrogens (tertiary/aromatic N) is 2. The largest absolute Gasteiger partial charge is 0.451 e. The van der Waals surface area contributed by atoms with Crippen LogP contribution in [0.3, 0.4) is 0 Å². The number of aromatic nitrogens is 2. The number of para-hydroxylation sites is 1. The molecule has 84 valence electrons. The Morgan fingerprint density at radius 2 is 2.31 bits per heavy atom. The smallest absolute Gasteiger partial charge is 0.167 e. The van der Waals surface area contributed by atoms with Crippen molar-refractivity contribution in [2.45, 2.75) is 6.54 Å². The van der Waals surface area contributed by atoms with Crippen LogP contribution in [0.15, 0.2) is 30.6 Å². The van der Waals surface area contributed by atoms with Crippen molar-refractivity contribution in [2.75, 3.05) is 0 Å². The molecule has 0 spiro atoms. The summed E-state index contributed by atoms with van der Waals surface area (Å²) in [5.41, 5.74) is 6.14. The van der Waals surface area contributed by atoms with Crippen LogP contribution in [-0.4, -0.2) is 9.78 Å². The molecule has 4 nitrogen and oxygen atoms in total. The molecular formula is C11H12FN3O. The molecule has 0 radical (unpaired) electrons. The van der Waals surface area contributed by atoms with E-state index in [0.717, 1.165) is 0 Å². The van der Waals surface area contributed by atoms with Crippen LogP contribution in [0.5, 0.6) is 11.5 Å². The molecule has 0 aliphatic rings. The third-order valence-electron chi connectivity index (χ3n) is 2.17. The molecule has 0 aliphatic heterocycles. The zero-order chi connectivity index (χ0) is 11.5. The average Bonchev–Trinajstić information content (AvgIpc) is 2.67. The molecule has 0 unspecified atom stereocenters. The highest BCUT2D eigenvalue weighted by molar-refractivity contribution is 5.37. The van der Waals surface area contributed by atoms with E-state index in [-0.39, 0.29) is 12.3 Å². The van der Waals surface area contributed by atoms with Crippen LogP contribution in [-0.2, 0) is 13.6 Å². The predicted molar refractivity (Wildman–Crippen MR) is 57.6 cm³/mol. The van der Waals surface area contributed by atoms with Gasteiger partial charge >= 0.3 is 0 Å². The van der Waals surface area contributed by atoms with Gasteiger partial charge in [0.2, 0.25) is 0 Å². The van der Waals surface area contributed by atoms with Gasteiger partial charge in [0.1, 0.15) is 0 Å². The molecule has 0 bridgehead atoms. The van der Waals surface area contributed by atoms with Gasteiger partial charge in [-0.3, -0.25) is 4.68 Å². The molecule has 5 heteroatoms. The molecule has 0 aliphatic carbocycles. The number of hydrogen-bond acceptors (Lipinski definition) is 3. The number of hydrogen-bond donors (Lipinski definition) is 1. The second-order valence-corrected chi connectivity index (χ2v) is 3.38. The molecule has 0 amide bonds. The first kappa shape index (κ1) is 10.6. The highest BCUT2D eigenvalue weighted by Crippen LogP contribution is 2.27. The normalized spacial score (nSPS) is 10.4. The Balaban J connectivity index is 2.33. The molecule has 1 heterocycles. The number of halogens is 1. The minimum atomic E-state index is -0.424. The zero-order valence-corrected chi connectivity index (χ0v) is 8.85. The first-order valence-electron chi connectivity index (χ1n) is 4.84. The van der Waals surface area contributed by atoms with Crippen LogP contribution in [0.25, 0.3) is 0 Å². The van der Waals surface area contributed by atoms with Gasteiger partial charge in [0, 0.05) is 19.2 Å². The van der Waals surface area contributed by atoms with Crippen molar-refractivity contribution in [1.29, 1.82) is 0 Å². The summed E-state index contributed by atoms with van der Waals surface area (Å²) in [6.45, 7) is 0.230. The number of rotatable bonds is 3. The lowest BCUT2D eigenvalue weighted by Gasteiger charge is -2.08. The maximum atomic E-state index is 13.5. The Morgan fingerprint density at radius 1 is 1.50 bits per heavy atom. The van der Waals surface area contributed by atoms with Crippen LogP contribution in [0.1, 0.15) is 5.56 Å². The molecule has 1 aromatic heterocycles. The van der Waals surface area contributed by atoms with Crippen molar-refractivity contribution in [3.8, 4) is 11.5 Å². The third kappa shape index (κ3) is 2.04. The van der Waals surface area contributed by atoms with Crippen molar-refractivity contribution in [1.82, 2.24) is 9.78 Å². The minimum absolute atomic E-state index is 0.165. The van der Waals surface area contributed by atoms with Gasteiger partial charge in [-0.2, -0.15) is 5.10 Å². The molecule has 0 atom stereocenters. The van der Waals surface area contributed by atoms with Gasteiger partial charge in [0.15, 0.2) is 17.3 Å². The summed E-state index contributed by atoms with van der Waals surface area (Å²) in [6.07, 6.45) is 3.18. The van der Waals surface area contributed by atoms with E-state index < -0.39 is 5.82 Å². The van der Waals surface area contributed by atoms with Gasteiger partial charge in [0.05, 0.1) is 12.4 Å². The van der Waals surface area contributed by atoms with Gasteiger partial charge < -0.3 is 10.5 Å². The molecule has 2 aromatic rings. The quantitative estimate of drug-likeness (QED) is 0.860. The van der Waals surface area contributed by atoms with Crippen LogP contribution >= 0.6 is 0 Å². The summed E-state index contributed by atoms with van der Waals surface area (Å²) in [5.74, 6) is 0.229. The van der Waals surface area contributed by atoms with E-state index >= 15 is 0 Å². The van der Waals surface area contributed by atoms with Gasteiger partial charge in [-0.05, 0) is 6.07 Å². The first-order chi connectivity index (χ1) is 7.70. The highest BCUT2D eigenvalue weighted by atomic mass is 19.1. The maximum absolute atomic E-state index is 13.5. The van der Waals surface area contributed by atoms with E-state index in [1.165, 1.54) is 12.3 Å². The van der Waals surface area contributed by atoms with Crippen molar-refractivity contribution in [3.05, 3.63) is 42.0 Å². The maximum Gasteiger partial charge on any atom is 0.167 e. The molecule has 0 saturated heterocycles. The standard InChI is InChI=1S/C11H12FN3O/c1-15-7-9(6-14-15)16-11-8(5-13)3-2-4-10(11)12/h2-4,6-7H,5,13H2,1H3. The van der Waals surface area contributed by atoms with E-state index in [0.29, 0.717) is 11.3 Å². The number of benzene rings is 1. The second kappa shape index (κ2) is 4.32. The Kier molecular flexibility index (Phi) is 2.87. The molecule has 1 aromatic carbocycles. The summed E-state index contributed by atoms with van der Waals surface area (Å²) in [6, 6.07) is 4.67. The van der Waals surface area contributed by atoms with Crippen molar-refractivity contribution < 1.29 is 9.13 Å². The fraction of sp³-hybridized carbons (Fsp3) is 0.182. The summed E-state index contributed by atoms with van der Waals surface area (Å²) in [4.78, 5) is 0. The highest BCUT2D eigenvalue weighted by Gasteiger charge is 2.10. The molecule has 2 rings (SSSR count). The van der Waals surface area contributed by atoms with E-state index in [4.69, 9.17) is 10.5 Å². The number of nitrogens with two attached hydrogens (primary N) is 1. The lowest BCUT2D eigenvalue weighted by atomic mass is 10.2. The van der Waals surface area contributed by atoms with E-state index in [9.17, 15) is 4.39 Å². The van der Waals surface area contributed by atoms with E-state index in [2.05, 4.69) is 5.10 Å². The average molecular weight is 221 g/mol. The summed E-state index contributed by atoms with van der Waals surface area (Å²) < 4.78 is 20.5. The Bertz CT molecular complexity index is 496. The van der Waals surface area contributed by atoms with Crippen LogP contribution in [0.2, 0.25) is 0 Å². The van der Waals surface area contributed by atoms with Gasteiger partial charge in [-0.15, -0.1) is 0 Å². The fourth-order valence-electron chi connectivity index (χ4n) is 1.40. The summed E-state index contributed by atoms with van der Waals surface area (Å²) in [7, 11) is 1.76. The monoisotopic (exact) mass is 221 g/mol. The Morgan fingerprint density at radius 3 is 2.94 bits per heavy atom. The van der Waals surface area contributed by atoms with Gasteiger partial charge in [-0.1, -0.05) is 12.1 Å². The summed E-state index contributed by atoms with van der Waals surface area (Å²) in [5, 5.41) is 3.94. The third-order valence-corrected chi connectivity index (χ3v) is 2.17. The van der Waals surface area contributed by atoms with Crippen molar-refractivity contribution in [2.24, 2.45) is 12.8 Å². The zero-order valence-electron chi connectivity index (χ0n) is 8.85. The first-order valence-corrected chi connectivity index (χ1v) is 4.84. The molecule has 0 saturated carbocycles. The predicted octanol–water partition coefficient (Wildman–Crippen LogP) is 1.81. The fourth-order valence-corrected chi connectivity index (χ4v) is 1.40. The lowest BCUT2D eigenvalue weighted by molar-refractivity contribution is 0.436. The molecule has 16 heavy (non-hydrogen) atoms. The molecular weight excluding hydrogens is 209 g/mol. The van der Waals surface area contributed by atoms with E-state index in [1.807, 2.05) is 0 Å².